The maximum absolute atomic E-state index is 14.2. The maximum Gasteiger partial charge on any atom is 0.346 e. The van der Waals surface area contributed by atoms with Crippen molar-refractivity contribution in [2.24, 2.45) is 0 Å². The van der Waals surface area contributed by atoms with Crippen molar-refractivity contribution >= 4 is 28.2 Å². The third-order valence-electron chi connectivity index (χ3n) is 4.87. The first-order chi connectivity index (χ1) is 15.6. The van der Waals surface area contributed by atoms with Crippen molar-refractivity contribution < 1.29 is 19.0 Å². The van der Waals surface area contributed by atoms with E-state index in [0.29, 0.717) is 22.3 Å². The fourth-order valence-electron chi connectivity index (χ4n) is 3.44. The summed E-state index contributed by atoms with van der Waals surface area (Å²) in [5, 5.41) is 23.5. The second kappa shape index (κ2) is 7.69. The smallest absolute Gasteiger partial charge is 0.346 e. The zero-order valence-electron chi connectivity index (χ0n) is 16.8. The van der Waals surface area contributed by atoms with Crippen LogP contribution in [0.5, 0.6) is 5.88 Å². The molecule has 0 aliphatic heterocycles. The van der Waals surface area contributed by atoms with Crippen LogP contribution in [0, 0.1) is 5.82 Å². The number of benzene rings is 1. The van der Waals surface area contributed by atoms with E-state index in [0.717, 1.165) is 0 Å². The third kappa shape index (κ3) is 3.20. The van der Waals surface area contributed by atoms with E-state index >= 15 is 0 Å². The van der Waals surface area contributed by atoms with Crippen LogP contribution in [-0.2, 0) is 11.3 Å². The van der Waals surface area contributed by atoms with E-state index in [1.807, 2.05) is 0 Å². The number of pyridine rings is 1. The number of esters is 1. The minimum atomic E-state index is -0.732. The Labute approximate surface area is 179 Å². The van der Waals surface area contributed by atoms with E-state index in [2.05, 4.69) is 30.2 Å². The van der Waals surface area contributed by atoms with E-state index in [1.165, 1.54) is 6.07 Å². The number of aromatic hydroxyl groups is 1. The molecular weight excluding hydrogens is 417 g/mol. The molecule has 0 spiro atoms. The van der Waals surface area contributed by atoms with Crippen molar-refractivity contribution in [2.75, 3.05) is 6.61 Å². The molecule has 0 fully saturated rings. The lowest BCUT2D eigenvalue weighted by Crippen LogP contribution is -2.06. The monoisotopic (exact) mass is 433 g/mol. The Morgan fingerprint density at radius 1 is 1.22 bits per heavy atom. The molecule has 0 amide bonds. The number of rotatable bonds is 5. The number of ether oxygens (including phenoxy) is 1. The van der Waals surface area contributed by atoms with Crippen LogP contribution < -0.4 is 0 Å². The summed E-state index contributed by atoms with van der Waals surface area (Å²) in [5.41, 5.74) is 1.46. The number of halogens is 1. The number of carbonyl (C=O) groups excluding carboxylic acids is 1. The number of H-pyrrole nitrogens is 1. The van der Waals surface area contributed by atoms with Crippen molar-refractivity contribution in [3.8, 4) is 17.4 Å². The van der Waals surface area contributed by atoms with Gasteiger partial charge >= 0.3 is 5.97 Å². The van der Waals surface area contributed by atoms with Crippen molar-refractivity contribution in [3.63, 3.8) is 0 Å². The Balaban J connectivity index is 1.62. The van der Waals surface area contributed by atoms with Crippen molar-refractivity contribution in [1.82, 2.24) is 34.9 Å². The highest BCUT2D eigenvalue weighted by Crippen LogP contribution is 2.29. The zero-order valence-corrected chi connectivity index (χ0v) is 16.8. The Morgan fingerprint density at radius 3 is 2.88 bits per heavy atom. The topological polar surface area (TPSA) is 132 Å². The normalized spacial score (nSPS) is 11.3. The summed E-state index contributed by atoms with van der Waals surface area (Å²) in [6.45, 7) is 1.96. The second-order valence-electron chi connectivity index (χ2n) is 6.87. The van der Waals surface area contributed by atoms with E-state index in [4.69, 9.17) is 4.74 Å². The van der Waals surface area contributed by atoms with Gasteiger partial charge < -0.3 is 14.8 Å². The molecule has 5 rings (SSSR count). The van der Waals surface area contributed by atoms with Gasteiger partial charge in [0.25, 0.3) is 0 Å². The highest BCUT2D eigenvalue weighted by Gasteiger charge is 2.24. The van der Waals surface area contributed by atoms with Gasteiger partial charge in [-0.1, -0.05) is 18.2 Å². The predicted molar refractivity (Wildman–Crippen MR) is 111 cm³/mol. The summed E-state index contributed by atoms with van der Waals surface area (Å²) >= 11 is 0. The standard InChI is InChI=1S/C21H16FN7O3/c1-2-32-21(31)14-16-17(25-20(14)30)24-18(27-26-16)15-12-7-5-9-23-19(12)29(28-15)10-11-6-3-4-8-13(11)22/h3-9,30H,2,10H2,1H3,(H,24,25,27). The lowest BCUT2D eigenvalue weighted by Gasteiger charge is -2.04. The van der Waals surface area contributed by atoms with Gasteiger partial charge in [0.1, 0.15) is 17.0 Å². The average Bonchev–Trinajstić information content (AvgIpc) is 3.32. The second-order valence-corrected chi connectivity index (χ2v) is 6.87. The van der Waals surface area contributed by atoms with Gasteiger partial charge in [0.2, 0.25) is 11.7 Å². The molecule has 0 saturated heterocycles. The number of aromatic amines is 1. The Kier molecular flexibility index (Phi) is 4.70. The lowest BCUT2D eigenvalue weighted by atomic mass is 10.2. The quantitative estimate of drug-likeness (QED) is 0.405. The molecule has 5 aromatic rings. The van der Waals surface area contributed by atoms with Crippen LogP contribution in [-0.4, -0.2) is 52.6 Å². The Bertz CT molecular complexity index is 1480. The van der Waals surface area contributed by atoms with Gasteiger partial charge in [-0.05, 0) is 25.1 Å². The van der Waals surface area contributed by atoms with E-state index in [-0.39, 0.29) is 41.5 Å². The third-order valence-corrected chi connectivity index (χ3v) is 4.87. The van der Waals surface area contributed by atoms with Gasteiger partial charge in [0, 0.05) is 11.8 Å². The zero-order chi connectivity index (χ0) is 22.2. The molecule has 0 saturated carbocycles. The molecule has 11 heteroatoms. The highest BCUT2D eigenvalue weighted by molar-refractivity contribution is 6.04. The number of hydrogen-bond donors (Lipinski definition) is 2. The molecule has 0 atom stereocenters. The first kappa shape index (κ1) is 19.5. The first-order valence-corrected chi connectivity index (χ1v) is 9.74. The van der Waals surface area contributed by atoms with Crippen LogP contribution in [0.1, 0.15) is 22.8 Å². The van der Waals surface area contributed by atoms with Crippen LogP contribution >= 0.6 is 0 Å². The molecule has 160 valence electrons. The number of nitrogens with one attached hydrogen (secondary N) is 1. The molecule has 10 nitrogen and oxygen atoms in total. The largest absolute Gasteiger partial charge is 0.494 e. The Morgan fingerprint density at radius 2 is 2.06 bits per heavy atom. The van der Waals surface area contributed by atoms with Crippen LogP contribution in [0.3, 0.4) is 0 Å². The summed E-state index contributed by atoms with van der Waals surface area (Å²) in [7, 11) is 0. The van der Waals surface area contributed by atoms with Gasteiger partial charge in [-0.2, -0.15) is 5.10 Å². The fraction of sp³-hybridized carbons (Fsp3) is 0.143. The molecule has 0 aliphatic rings. The molecule has 0 aliphatic carbocycles. The van der Waals surface area contributed by atoms with E-state index in [1.54, 1.807) is 48.1 Å². The summed E-state index contributed by atoms with van der Waals surface area (Å²) in [5.74, 6) is -1.33. The first-order valence-electron chi connectivity index (χ1n) is 9.74. The number of fused-ring (bicyclic) bond motifs is 2. The summed E-state index contributed by atoms with van der Waals surface area (Å²) < 4.78 is 20.7. The van der Waals surface area contributed by atoms with Crippen LogP contribution in [0.15, 0.2) is 42.6 Å². The van der Waals surface area contributed by atoms with Gasteiger partial charge in [-0.15, -0.1) is 10.2 Å². The van der Waals surface area contributed by atoms with Gasteiger partial charge in [0.15, 0.2) is 16.9 Å². The molecular formula is C21H16FN7O3. The molecule has 0 bridgehead atoms. The minimum absolute atomic E-state index is 0.0814. The average molecular weight is 433 g/mol. The number of aromatic nitrogens is 7. The van der Waals surface area contributed by atoms with Crippen molar-refractivity contribution in [3.05, 3.63) is 59.5 Å². The summed E-state index contributed by atoms with van der Waals surface area (Å²) in [6.07, 6.45) is 1.61. The van der Waals surface area contributed by atoms with Gasteiger partial charge in [0.05, 0.1) is 18.5 Å². The van der Waals surface area contributed by atoms with Gasteiger partial charge in [-0.3, -0.25) is 0 Å². The maximum atomic E-state index is 14.2. The molecule has 2 N–H and O–H groups in total. The lowest BCUT2D eigenvalue weighted by molar-refractivity contribution is 0.0525. The molecule has 0 radical (unpaired) electrons. The molecule has 32 heavy (non-hydrogen) atoms. The predicted octanol–water partition coefficient (Wildman–Crippen LogP) is 2.83. The van der Waals surface area contributed by atoms with E-state index < -0.39 is 11.8 Å². The highest BCUT2D eigenvalue weighted by atomic mass is 19.1. The molecule has 4 heterocycles. The summed E-state index contributed by atoms with van der Waals surface area (Å²) in [4.78, 5) is 23.5. The Hall–Kier alpha value is -4.41. The van der Waals surface area contributed by atoms with Crippen molar-refractivity contribution in [2.45, 2.75) is 13.5 Å². The summed E-state index contributed by atoms with van der Waals surface area (Å²) in [6, 6.07) is 9.97. The molecule has 0 unspecified atom stereocenters. The van der Waals surface area contributed by atoms with Gasteiger partial charge in [-0.25, -0.2) is 23.8 Å². The van der Waals surface area contributed by atoms with Crippen LogP contribution in [0.4, 0.5) is 4.39 Å². The van der Waals surface area contributed by atoms with Crippen LogP contribution in [0.2, 0.25) is 0 Å². The number of carbonyl (C=O) groups is 1. The SMILES string of the molecule is CCOC(=O)c1c(O)[nH]c2nc(-c3nn(Cc4ccccc4F)c4ncccc34)nnc12. The number of hydrogen-bond acceptors (Lipinski definition) is 8. The minimum Gasteiger partial charge on any atom is -0.494 e. The van der Waals surface area contributed by atoms with Crippen molar-refractivity contribution in [1.29, 1.82) is 0 Å². The fourth-order valence-corrected chi connectivity index (χ4v) is 3.44. The van der Waals surface area contributed by atoms with E-state index in [9.17, 15) is 14.3 Å². The molecule has 4 aromatic heterocycles. The van der Waals surface area contributed by atoms with Crippen LogP contribution in [0.25, 0.3) is 33.7 Å². The molecule has 1 aromatic carbocycles. The number of nitrogens with zero attached hydrogens (tertiary/aromatic N) is 6.